The highest BCUT2D eigenvalue weighted by Crippen LogP contribution is 2.38. The van der Waals surface area contributed by atoms with Gasteiger partial charge in [0.15, 0.2) is 0 Å². The maximum Gasteiger partial charge on any atom is 0.126 e. The van der Waals surface area contributed by atoms with E-state index in [0.717, 1.165) is 15.4 Å². The summed E-state index contributed by atoms with van der Waals surface area (Å²) in [7, 11) is 0. The van der Waals surface area contributed by atoms with Crippen LogP contribution < -0.4 is 0 Å². The molecule has 0 aliphatic carbocycles. The van der Waals surface area contributed by atoms with Gasteiger partial charge in [0.05, 0.1) is 5.38 Å². The van der Waals surface area contributed by atoms with E-state index in [2.05, 4.69) is 27.4 Å². The van der Waals surface area contributed by atoms with E-state index in [0.29, 0.717) is 12.0 Å². The van der Waals surface area contributed by atoms with Gasteiger partial charge in [-0.25, -0.2) is 4.39 Å². The summed E-state index contributed by atoms with van der Waals surface area (Å²) in [5.74, 6) is -0.195. The van der Waals surface area contributed by atoms with E-state index in [1.54, 1.807) is 23.5 Å². The lowest BCUT2D eigenvalue weighted by Gasteiger charge is -2.10. The minimum absolute atomic E-state index is 0.195. The van der Waals surface area contributed by atoms with Crippen LogP contribution in [0.4, 0.5) is 4.39 Å². The van der Waals surface area contributed by atoms with Gasteiger partial charge in [0.2, 0.25) is 0 Å². The predicted molar refractivity (Wildman–Crippen MR) is 88.2 cm³/mol. The molecule has 0 bridgehead atoms. The molecule has 4 heteroatoms. The number of fused-ring (bicyclic) bond motifs is 1. The van der Waals surface area contributed by atoms with Crippen LogP contribution in [0.1, 0.15) is 16.5 Å². The number of hydrogen-bond acceptors (Lipinski definition) is 1. The first-order valence-electron chi connectivity index (χ1n) is 6.20. The molecule has 3 aromatic rings. The fraction of sp³-hybridized carbons (Fsp3) is 0.125. The maximum absolute atomic E-state index is 13.7. The lowest BCUT2D eigenvalue weighted by Crippen LogP contribution is -1.97. The molecule has 0 saturated carbocycles. The van der Waals surface area contributed by atoms with Crippen molar-refractivity contribution in [2.24, 2.45) is 0 Å². The molecule has 20 heavy (non-hydrogen) atoms. The fourth-order valence-electron chi connectivity index (χ4n) is 2.25. The van der Waals surface area contributed by atoms with Crippen molar-refractivity contribution in [3.8, 4) is 0 Å². The van der Waals surface area contributed by atoms with E-state index in [4.69, 9.17) is 11.6 Å². The number of benzene rings is 2. The molecule has 0 saturated heterocycles. The molecule has 0 nitrogen and oxygen atoms in total. The average molecular weight is 370 g/mol. The van der Waals surface area contributed by atoms with Gasteiger partial charge in [-0.15, -0.1) is 22.9 Å². The smallest absolute Gasteiger partial charge is 0.126 e. The summed E-state index contributed by atoms with van der Waals surface area (Å²) in [6.45, 7) is 0. The van der Waals surface area contributed by atoms with E-state index in [1.807, 2.05) is 18.2 Å². The lowest BCUT2D eigenvalue weighted by atomic mass is 10.0. The molecule has 1 unspecified atom stereocenters. The van der Waals surface area contributed by atoms with Gasteiger partial charge < -0.3 is 0 Å². The van der Waals surface area contributed by atoms with Gasteiger partial charge in [-0.05, 0) is 56.4 Å². The van der Waals surface area contributed by atoms with Crippen LogP contribution in [-0.4, -0.2) is 0 Å². The Balaban J connectivity index is 1.95. The van der Waals surface area contributed by atoms with Crippen LogP contribution in [0.2, 0.25) is 0 Å². The predicted octanol–water partition coefficient (Wildman–Crippen LogP) is 6.33. The third kappa shape index (κ3) is 2.62. The lowest BCUT2D eigenvalue weighted by molar-refractivity contribution is 0.607. The van der Waals surface area contributed by atoms with Crippen molar-refractivity contribution in [3.63, 3.8) is 0 Å². The maximum atomic E-state index is 13.7. The highest BCUT2D eigenvalue weighted by Gasteiger charge is 2.16. The first-order valence-corrected chi connectivity index (χ1v) is 8.31. The zero-order valence-electron chi connectivity index (χ0n) is 10.4. The Labute approximate surface area is 134 Å². The van der Waals surface area contributed by atoms with Crippen LogP contribution in [0.25, 0.3) is 10.1 Å². The van der Waals surface area contributed by atoms with Gasteiger partial charge >= 0.3 is 0 Å². The molecule has 102 valence electrons. The Morgan fingerprint density at radius 3 is 2.75 bits per heavy atom. The van der Waals surface area contributed by atoms with Gasteiger partial charge in [0, 0.05) is 9.17 Å². The van der Waals surface area contributed by atoms with Crippen LogP contribution in [-0.2, 0) is 6.42 Å². The molecule has 0 fully saturated rings. The van der Waals surface area contributed by atoms with E-state index in [1.165, 1.54) is 10.8 Å². The molecule has 1 heterocycles. The van der Waals surface area contributed by atoms with Crippen molar-refractivity contribution in [1.82, 2.24) is 0 Å². The van der Waals surface area contributed by atoms with Crippen molar-refractivity contribution in [1.29, 1.82) is 0 Å². The first kappa shape index (κ1) is 14.1. The minimum atomic E-state index is -0.227. The number of rotatable bonds is 3. The highest BCUT2D eigenvalue weighted by atomic mass is 79.9. The summed E-state index contributed by atoms with van der Waals surface area (Å²) in [5.41, 5.74) is 1.72. The second-order valence-corrected chi connectivity index (χ2v) is 6.83. The topological polar surface area (TPSA) is 0 Å². The summed E-state index contributed by atoms with van der Waals surface area (Å²) < 4.78 is 16.0. The zero-order chi connectivity index (χ0) is 14.1. The van der Waals surface area contributed by atoms with Crippen LogP contribution in [0.15, 0.2) is 52.3 Å². The third-order valence-electron chi connectivity index (χ3n) is 3.28. The molecule has 2 aromatic carbocycles. The largest absolute Gasteiger partial charge is 0.207 e. The van der Waals surface area contributed by atoms with Crippen molar-refractivity contribution in [3.05, 3.63) is 69.3 Å². The summed E-state index contributed by atoms with van der Waals surface area (Å²) in [5, 5.41) is 2.98. The Kier molecular flexibility index (Phi) is 4.11. The number of alkyl halides is 1. The zero-order valence-corrected chi connectivity index (χ0v) is 13.6. The Hall–Kier alpha value is -0.900. The average Bonchev–Trinajstić information content (AvgIpc) is 2.87. The summed E-state index contributed by atoms with van der Waals surface area (Å²) >= 11 is 11.7. The number of hydrogen-bond donors (Lipinski definition) is 0. The fourth-order valence-corrected chi connectivity index (χ4v) is 4.35. The van der Waals surface area contributed by atoms with E-state index < -0.39 is 0 Å². The molecule has 0 radical (unpaired) electrons. The molecule has 1 aromatic heterocycles. The van der Waals surface area contributed by atoms with E-state index >= 15 is 0 Å². The molecule has 0 amide bonds. The van der Waals surface area contributed by atoms with Gasteiger partial charge in [-0.2, -0.15) is 0 Å². The summed E-state index contributed by atoms with van der Waals surface area (Å²) in [6, 6.07) is 12.9. The van der Waals surface area contributed by atoms with Gasteiger partial charge in [-0.1, -0.05) is 30.3 Å². The second-order valence-electron chi connectivity index (χ2n) is 4.57. The van der Waals surface area contributed by atoms with Crippen molar-refractivity contribution in [2.45, 2.75) is 11.8 Å². The van der Waals surface area contributed by atoms with E-state index in [-0.39, 0.29) is 11.2 Å². The minimum Gasteiger partial charge on any atom is -0.207 e. The highest BCUT2D eigenvalue weighted by molar-refractivity contribution is 9.10. The van der Waals surface area contributed by atoms with Crippen molar-refractivity contribution in [2.75, 3.05) is 0 Å². The summed E-state index contributed by atoms with van der Waals surface area (Å²) in [4.78, 5) is 0. The number of thiophene rings is 1. The first-order chi connectivity index (χ1) is 9.66. The van der Waals surface area contributed by atoms with Crippen LogP contribution >= 0.6 is 38.9 Å². The van der Waals surface area contributed by atoms with Gasteiger partial charge in [0.25, 0.3) is 0 Å². The van der Waals surface area contributed by atoms with Crippen LogP contribution in [0.5, 0.6) is 0 Å². The standard InChI is InChI=1S/C16H11BrClFS/c17-13-6-3-5-11-12(9-20-16(11)13)14(18)8-10-4-1-2-7-15(10)19/h1-7,9,14H,8H2. The Morgan fingerprint density at radius 2 is 1.95 bits per heavy atom. The molecule has 0 aliphatic rings. The molecular weight excluding hydrogens is 359 g/mol. The molecular formula is C16H11BrClFS. The molecule has 1 atom stereocenters. The molecule has 0 N–H and O–H groups in total. The Morgan fingerprint density at radius 1 is 1.15 bits per heavy atom. The van der Waals surface area contributed by atoms with E-state index in [9.17, 15) is 4.39 Å². The summed E-state index contributed by atoms with van der Waals surface area (Å²) in [6.07, 6.45) is 0.493. The monoisotopic (exact) mass is 368 g/mol. The van der Waals surface area contributed by atoms with Gasteiger partial charge in [0.1, 0.15) is 5.82 Å². The van der Waals surface area contributed by atoms with Crippen molar-refractivity contribution >= 4 is 49.0 Å². The normalized spacial score (nSPS) is 12.8. The van der Waals surface area contributed by atoms with Crippen LogP contribution in [0.3, 0.4) is 0 Å². The quantitative estimate of drug-likeness (QED) is 0.473. The van der Waals surface area contributed by atoms with Crippen molar-refractivity contribution < 1.29 is 4.39 Å². The van der Waals surface area contributed by atoms with Gasteiger partial charge in [-0.3, -0.25) is 0 Å². The SMILES string of the molecule is Fc1ccccc1CC(Cl)c1csc2c(Br)cccc12. The molecule has 3 rings (SSSR count). The Bertz CT molecular complexity index is 753. The molecule has 0 spiro atoms. The molecule has 0 aliphatic heterocycles. The van der Waals surface area contributed by atoms with Crippen LogP contribution in [0, 0.1) is 5.82 Å². The second kappa shape index (κ2) is 5.84. The number of halogens is 3. The third-order valence-corrected chi connectivity index (χ3v) is 5.64.